The van der Waals surface area contributed by atoms with Crippen LogP contribution in [0.4, 0.5) is 14.9 Å². The van der Waals surface area contributed by atoms with Gasteiger partial charge >= 0.3 is 6.03 Å². The van der Waals surface area contributed by atoms with E-state index < -0.39 is 6.03 Å². The maximum atomic E-state index is 14.4. The summed E-state index contributed by atoms with van der Waals surface area (Å²) >= 11 is 0. The van der Waals surface area contributed by atoms with E-state index in [1.54, 1.807) is 24.0 Å². The number of primary amides is 1. The fourth-order valence-electron chi connectivity index (χ4n) is 2.61. The van der Waals surface area contributed by atoms with Gasteiger partial charge in [0, 0.05) is 5.56 Å². The first-order valence-corrected chi connectivity index (χ1v) is 7.49. The summed E-state index contributed by atoms with van der Waals surface area (Å²) in [5, 5.41) is 3.81. The molecule has 4 N–H and O–H groups in total. The molecule has 0 saturated carbocycles. The van der Waals surface area contributed by atoms with Gasteiger partial charge in [-0.1, -0.05) is 6.07 Å². The van der Waals surface area contributed by atoms with Gasteiger partial charge in [-0.25, -0.2) is 14.6 Å². The average molecular weight is 308 g/mol. The summed E-state index contributed by atoms with van der Waals surface area (Å²) in [6.07, 6.45) is 0. The number of carbonyl (C=O) groups is 1. The summed E-state index contributed by atoms with van der Waals surface area (Å²) in [6, 6.07) is 4.27. The Bertz CT molecular complexity index is 567. The van der Waals surface area contributed by atoms with Gasteiger partial charge in [0.25, 0.3) is 0 Å². The number of hydrazone groups is 1. The number of carbonyl (C=O) groups excluding carboxylic acids is 1. The van der Waals surface area contributed by atoms with Gasteiger partial charge in [-0.3, -0.25) is 0 Å². The van der Waals surface area contributed by atoms with Crippen molar-refractivity contribution in [1.29, 1.82) is 0 Å². The Hall–Kier alpha value is -2.15. The van der Waals surface area contributed by atoms with Gasteiger partial charge < -0.3 is 15.5 Å². The van der Waals surface area contributed by atoms with Crippen LogP contribution in [0, 0.1) is 5.82 Å². The lowest BCUT2D eigenvalue weighted by Crippen LogP contribution is -3.14. The molecule has 7 heteroatoms. The third kappa shape index (κ3) is 3.94. The number of piperazine rings is 1. The second-order valence-electron chi connectivity index (χ2n) is 5.43. The van der Waals surface area contributed by atoms with E-state index in [-0.39, 0.29) is 5.82 Å². The molecule has 0 atom stereocenters. The van der Waals surface area contributed by atoms with Crippen molar-refractivity contribution in [2.24, 2.45) is 10.8 Å². The summed E-state index contributed by atoms with van der Waals surface area (Å²) in [7, 11) is 0. The molecular formula is C15H23FN5O+. The second kappa shape index (κ2) is 7.22. The third-order valence-electron chi connectivity index (χ3n) is 4.01. The van der Waals surface area contributed by atoms with Crippen LogP contribution in [-0.2, 0) is 0 Å². The van der Waals surface area contributed by atoms with Crippen molar-refractivity contribution in [3.05, 3.63) is 29.6 Å². The molecule has 0 aromatic heterocycles. The van der Waals surface area contributed by atoms with Crippen molar-refractivity contribution in [2.75, 3.05) is 37.6 Å². The largest absolute Gasteiger partial charge is 0.358 e. The van der Waals surface area contributed by atoms with Crippen LogP contribution >= 0.6 is 0 Å². The van der Waals surface area contributed by atoms with Crippen LogP contribution in [0.25, 0.3) is 0 Å². The number of benzene rings is 1. The Kier molecular flexibility index (Phi) is 5.32. The molecule has 1 aromatic rings. The standard InChI is InChI=1S/C15H22FN5O/c1-3-20-6-8-21(9-7-20)14-5-4-12(10-13(14)16)11(2)18-19-15(17)22/h4-5,10H,3,6-9H2,1-2H3,(H3,17,19,22)/p+1/b18-11-. The first kappa shape index (κ1) is 16.2. The third-order valence-corrected chi connectivity index (χ3v) is 4.01. The molecule has 1 aliphatic rings. The van der Waals surface area contributed by atoms with E-state index in [1.165, 1.54) is 6.07 Å². The molecule has 2 amide bonds. The number of amides is 2. The van der Waals surface area contributed by atoms with Crippen LogP contribution in [0.5, 0.6) is 0 Å². The zero-order chi connectivity index (χ0) is 16.1. The first-order valence-electron chi connectivity index (χ1n) is 7.49. The number of halogens is 1. The maximum Gasteiger partial charge on any atom is 0.332 e. The molecule has 1 fully saturated rings. The van der Waals surface area contributed by atoms with Crippen molar-refractivity contribution in [3.8, 4) is 0 Å². The van der Waals surface area contributed by atoms with Gasteiger partial charge in [0.1, 0.15) is 5.82 Å². The molecule has 6 nitrogen and oxygen atoms in total. The maximum absolute atomic E-state index is 14.4. The average Bonchev–Trinajstić information content (AvgIpc) is 2.52. The molecule has 1 saturated heterocycles. The fraction of sp³-hybridized carbons (Fsp3) is 0.467. The Balaban J connectivity index is 2.10. The lowest BCUT2D eigenvalue weighted by atomic mass is 10.1. The zero-order valence-electron chi connectivity index (χ0n) is 13.0. The number of hydrogen-bond acceptors (Lipinski definition) is 3. The van der Waals surface area contributed by atoms with Crippen molar-refractivity contribution in [1.82, 2.24) is 5.43 Å². The van der Waals surface area contributed by atoms with Gasteiger partial charge in [-0.05, 0) is 26.0 Å². The fourth-order valence-corrected chi connectivity index (χ4v) is 2.61. The number of nitrogens with two attached hydrogens (primary N) is 1. The van der Waals surface area contributed by atoms with Crippen molar-refractivity contribution < 1.29 is 14.1 Å². The monoisotopic (exact) mass is 308 g/mol. The highest BCUT2D eigenvalue weighted by molar-refractivity contribution is 5.99. The van der Waals surface area contributed by atoms with Crippen LogP contribution in [-0.4, -0.2) is 44.5 Å². The molecular weight excluding hydrogens is 285 g/mol. The van der Waals surface area contributed by atoms with E-state index in [1.807, 2.05) is 0 Å². The predicted molar refractivity (Wildman–Crippen MR) is 84.8 cm³/mol. The number of nitrogens with zero attached hydrogens (tertiary/aromatic N) is 2. The van der Waals surface area contributed by atoms with Gasteiger partial charge in [0.2, 0.25) is 0 Å². The molecule has 0 aliphatic carbocycles. The molecule has 2 rings (SSSR count). The van der Waals surface area contributed by atoms with Crippen molar-refractivity contribution in [3.63, 3.8) is 0 Å². The van der Waals surface area contributed by atoms with Crippen LogP contribution in [0.1, 0.15) is 19.4 Å². The quantitative estimate of drug-likeness (QED) is 0.538. The normalized spacial score (nSPS) is 16.7. The Morgan fingerprint density at radius 1 is 1.45 bits per heavy atom. The molecule has 0 unspecified atom stereocenters. The lowest BCUT2D eigenvalue weighted by molar-refractivity contribution is -0.898. The molecule has 1 aromatic carbocycles. The van der Waals surface area contributed by atoms with E-state index in [4.69, 9.17) is 5.73 Å². The van der Waals surface area contributed by atoms with Gasteiger partial charge in [0.05, 0.1) is 44.1 Å². The lowest BCUT2D eigenvalue weighted by Gasteiger charge is -2.33. The predicted octanol–water partition coefficient (Wildman–Crippen LogP) is -0.0572. The first-order chi connectivity index (χ1) is 10.5. The highest BCUT2D eigenvalue weighted by Gasteiger charge is 2.21. The number of urea groups is 1. The molecule has 1 aliphatic heterocycles. The second-order valence-corrected chi connectivity index (χ2v) is 5.43. The Morgan fingerprint density at radius 3 is 2.68 bits per heavy atom. The van der Waals surface area contributed by atoms with Gasteiger partial charge in [-0.2, -0.15) is 5.10 Å². The number of hydrogen-bond donors (Lipinski definition) is 3. The number of nitrogens with one attached hydrogen (secondary N) is 2. The topological polar surface area (TPSA) is 75.2 Å². The van der Waals surface area contributed by atoms with Crippen LogP contribution in [0.15, 0.2) is 23.3 Å². The van der Waals surface area contributed by atoms with E-state index in [0.29, 0.717) is 17.0 Å². The molecule has 120 valence electrons. The van der Waals surface area contributed by atoms with E-state index in [2.05, 4.69) is 22.4 Å². The van der Waals surface area contributed by atoms with Crippen LogP contribution < -0.4 is 21.0 Å². The Labute approximate surface area is 129 Å². The molecule has 0 radical (unpaired) electrons. The molecule has 22 heavy (non-hydrogen) atoms. The molecule has 0 bridgehead atoms. The summed E-state index contributed by atoms with van der Waals surface area (Å²) < 4.78 is 14.4. The highest BCUT2D eigenvalue weighted by atomic mass is 19.1. The van der Waals surface area contributed by atoms with Crippen molar-refractivity contribution in [2.45, 2.75) is 13.8 Å². The van der Waals surface area contributed by atoms with Crippen LogP contribution in [0.2, 0.25) is 0 Å². The molecule has 0 spiro atoms. The summed E-state index contributed by atoms with van der Waals surface area (Å²) in [4.78, 5) is 14.3. The van der Waals surface area contributed by atoms with Gasteiger partial charge in [-0.15, -0.1) is 0 Å². The minimum Gasteiger partial charge on any atom is -0.358 e. The summed E-state index contributed by atoms with van der Waals surface area (Å²) in [5.74, 6) is -0.272. The highest BCUT2D eigenvalue weighted by Crippen LogP contribution is 2.21. The number of likely N-dealkylation sites (N-methyl/N-ethyl adjacent to an activating group) is 1. The van der Waals surface area contributed by atoms with Crippen molar-refractivity contribution >= 4 is 17.4 Å². The summed E-state index contributed by atoms with van der Waals surface area (Å²) in [5.41, 5.74) is 8.84. The SMILES string of the molecule is CC[NH+]1CCN(c2ccc(/C(C)=N\NC(N)=O)cc2F)CC1. The minimum absolute atomic E-state index is 0.272. The number of quaternary nitrogens is 1. The Morgan fingerprint density at radius 2 is 2.14 bits per heavy atom. The smallest absolute Gasteiger partial charge is 0.332 e. The number of anilines is 1. The van der Waals surface area contributed by atoms with E-state index in [9.17, 15) is 9.18 Å². The van der Waals surface area contributed by atoms with E-state index in [0.717, 1.165) is 32.7 Å². The zero-order valence-corrected chi connectivity index (χ0v) is 13.0. The number of rotatable bonds is 4. The van der Waals surface area contributed by atoms with Gasteiger partial charge in [0.15, 0.2) is 0 Å². The summed E-state index contributed by atoms with van der Waals surface area (Å²) in [6.45, 7) is 8.74. The van der Waals surface area contributed by atoms with Crippen LogP contribution in [0.3, 0.4) is 0 Å². The molecule has 1 heterocycles. The van der Waals surface area contributed by atoms with E-state index >= 15 is 0 Å². The minimum atomic E-state index is -0.743.